The van der Waals surface area contributed by atoms with Crippen molar-refractivity contribution in [1.82, 2.24) is 0 Å². The average molecular weight is 419 g/mol. The topological polar surface area (TPSA) is 120 Å². The quantitative estimate of drug-likeness (QED) is 0.370. The van der Waals surface area contributed by atoms with Crippen LogP contribution in [0.25, 0.3) is 22.0 Å². The van der Waals surface area contributed by atoms with E-state index in [0.717, 1.165) is 40.6 Å². The molecule has 1 aliphatic rings. The maximum absolute atomic E-state index is 9.87. The van der Waals surface area contributed by atoms with Gasteiger partial charge in [0.15, 0.2) is 35.7 Å². The molecule has 0 atom stereocenters. The van der Waals surface area contributed by atoms with Crippen molar-refractivity contribution in [1.29, 1.82) is 0 Å². The fourth-order valence-corrected chi connectivity index (χ4v) is 3.40. The van der Waals surface area contributed by atoms with Crippen LogP contribution >= 0.6 is 0 Å². The third kappa shape index (κ3) is 4.36. The monoisotopic (exact) mass is 419 g/mol. The van der Waals surface area contributed by atoms with E-state index in [0.29, 0.717) is 17.8 Å². The van der Waals surface area contributed by atoms with Crippen LogP contribution in [0.1, 0.15) is 5.56 Å². The van der Waals surface area contributed by atoms with E-state index in [-0.39, 0.29) is 11.5 Å². The van der Waals surface area contributed by atoms with Gasteiger partial charge >= 0.3 is 0 Å². The molecule has 1 aliphatic heterocycles. The van der Waals surface area contributed by atoms with Crippen molar-refractivity contribution in [3.63, 3.8) is 0 Å². The SMILES string of the molecule is COc1ccc2cc3[n+](cc2c1OC)CCc1cc(O)c(O)cc1-3.CS(=O)(=O)[O-]. The minimum absolute atomic E-state index is 0.0746. The number of hydrogen-bond donors (Lipinski definition) is 2. The number of methoxy groups -OCH3 is 2. The van der Waals surface area contributed by atoms with Crippen LogP contribution in [0.3, 0.4) is 0 Å². The predicted octanol–water partition coefficient (Wildman–Crippen LogP) is 1.94. The van der Waals surface area contributed by atoms with E-state index >= 15 is 0 Å². The van der Waals surface area contributed by atoms with Crippen molar-refractivity contribution in [3.05, 3.63) is 42.1 Å². The molecule has 0 amide bonds. The van der Waals surface area contributed by atoms with Gasteiger partial charge in [0, 0.05) is 18.7 Å². The summed E-state index contributed by atoms with van der Waals surface area (Å²) in [6.07, 6.45) is 3.45. The second kappa shape index (κ2) is 7.76. The number of rotatable bonds is 2. The van der Waals surface area contributed by atoms with E-state index in [4.69, 9.17) is 22.4 Å². The summed E-state index contributed by atoms with van der Waals surface area (Å²) < 4.78 is 40.3. The van der Waals surface area contributed by atoms with Crippen molar-refractivity contribution >= 4 is 20.9 Å². The maximum Gasteiger partial charge on any atom is 0.213 e. The first-order valence-electron chi connectivity index (χ1n) is 8.66. The summed E-state index contributed by atoms with van der Waals surface area (Å²) in [5.41, 5.74) is 2.98. The van der Waals surface area contributed by atoms with Crippen LogP contribution in [-0.2, 0) is 23.1 Å². The Morgan fingerprint density at radius 3 is 2.34 bits per heavy atom. The second-order valence-electron chi connectivity index (χ2n) is 6.61. The van der Waals surface area contributed by atoms with Crippen molar-refractivity contribution < 1.29 is 37.2 Å². The van der Waals surface area contributed by atoms with Crippen LogP contribution < -0.4 is 14.0 Å². The third-order valence-corrected chi connectivity index (χ3v) is 4.60. The fraction of sp³-hybridized carbons (Fsp3) is 0.250. The lowest BCUT2D eigenvalue weighted by Crippen LogP contribution is -2.40. The van der Waals surface area contributed by atoms with Gasteiger partial charge in [-0.2, -0.15) is 4.57 Å². The molecule has 1 aromatic heterocycles. The van der Waals surface area contributed by atoms with Gasteiger partial charge in [-0.1, -0.05) is 0 Å². The molecular formula is C20H21NO7S. The lowest BCUT2D eigenvalue weighted by atomic mass is 9.95. The smallest absolute Gasteiger partial charge is 0.213 e. The third-order valence-electron chi connectivity index (χ3n) is 4.60. The van der Waals surface area contributed by atoms with Gasteiger partial charge in [0.2, 0.25) is 5.69 Å². The van der Waals surface area contributed by atoms with Crippen molar-refractivity contribution in [2.24, 2.45) is 0 Å². The standard InChI is InChI=1S/C19H17NO4.CH4O3S/c1-23-18-4-3-11-7-15-13-9-17(22)16(21)8-12(13)5-6-20(15)10-14(11)19(18)24-2;1-5(2,3)4/h3-4,7-10,22H,5-6H2,1-2H3;1H3,(H,2,3,4). The number of aryl methyl sites for hydroxylation is 2. The lowest BCUT2D eigenvalue weighted by molar-refractivity contribution is -0.686. The normalized spacial score (nSPS) is 12.4. The van der Waals surface area contributed by atoms with Crippen LogP contribution in [0.5, 0.6) is 23.0 Å². The van der Waals surface area contributed by atoms with Gasteiger partial charge < -0.3 is 24.2 Å². The predicted molar refractivity (Wildman–Crippen MR) is 105 cm³/mol. The Morgan fingerprint density at radius 1 is 1.07 bits per heavy atom. The lowest BCUT2D eigenvalue weighted by Gasteiger charge is -2.17. The number of hydrogen-bond acceptors (Lipinski definition) is 7. The number of pyridine rings is 1. The molecule has 0 saturated carbocycles. The van der Waals surface area contributed by atoms with Gasteiger partial charge in [0.05, 0.1) is 35.3 Å². The molecule has 2 aromatic carbocycles. The number of aromatic hydroxyl groups is 2. The molecule has 29 heavy (non-hydrogen) atoms. The molecule has 0 bridgehead atoms. The summed E-state index contributed by atoms with van der Waals surface area (Å²) in [5.74, 6) is 1.23. The fourth-order valence-electron chi connectivity index (χ4n) is 3.40. The van der Waals surface area contributed by atoms with Crippen molar-refractivity contribution in [2.45, 2.75) is 13.0 Å². The number of phenolic OH excluding ortho intramolecular Hbond substituents is 2. The minimum atomic E-state index is -3.92. The highest BCUT2D eigenvalue weighted by molar-refractivity contribution is 7.84. The van der Waals surface area contributed by atoms with E-state index in [9.17, 15) is 10.2 Å². The zero-order valence-corrected chi connectivity index (χ0v) is 17.0. The summed E-state index contributed by atoms with van der Waals surface area (Å²) in [5, 5.41) is 21.6. The van der Waals surface area contributed by atoms with Crippen molar-refractivity contribution in [2.75, 3.05) is 20.5 Å². The molecule has 0 spiro atoms. The van der Waals surface area contributed by atoms with Gasteiger partial charge in [0.25, 0.3) is 0 Å². The van der Waals surface area contributed by atoms with Crippen LogP contribution in [-0.4, -0.2) is 43.7 Å². The first-order valence-corrected chi connectivity index (χ1v) is 10.5. The molecule has 2 heterocycles. The van der Waals surface area contributed by atoms with E-state index in [1.807, 2.05) is 12.1 Å². The Morgan fingerprint density at radius 2 is 1.72 bits per heavy atom. The summed E-state index contributed by atoms with van der Waals surface area (Å²) in [6.45, 7) is 0.794. The molecular weight excluding hydrogens is 398 g/mol. The molecule has 0 aliphatic carbocycles. The number of benzene rings is 2. The second-order valence-corrected chi connectivity index (χ2v) is 8.02. The van der Waals surface area contributed by atoms with Crippen LogP contribution in [0, 0.1) is 0 Å². The summed E-state index contributed by atoms with van der Waals surface area (Å²) >= 11 is 0. The zero-order chi connectivity index (χ0) is 21.3. The van der Waals surface area contributed by atoms with Crippen molar-refractivity contribution in [3.8, 4) is 34.3 Å². The number of aromatic nitrogens is 1. The molecule has 2 N–H and O–H groups in total. The Labute approximate surface area is 168 Å². The minimum Gasteiger partial charge on any atom is -0.748 e. The molecule has 0 fully saturated rings. The Balaban J connectivity index is 0.000000431. The Kier molecular flexibility index (Phi) is 5.54. The Bertz CT molecular complexity index is 1180. The summed E-state index contributed by atoms with van der Waals surface area (Å²) in [4.78, 5) is 0. The van der Waals surface area contributed by atoms with E-state index in [1.54, 1.807) is 26.4 Å². The summed E-state index contributed by atoms with van der Waals surface area (Å²) in [6, 6.07) is 9.23. The van der Waals surface area contributed by atoms with Gasteiger partial charge in [-0.15, -0.1) is 0 Å². The molecule has 0 saturated heterocycles. The molecule has 0 unspecified atom stereocenters. The highest BCUT2D eigenvalue weighted by Crippen LogP contribution is 2.39. The van der Waals surface area contributed by atoms with Gasteiger partial charge in [0.1, 0.15) is 0 Å². The molecule has 154 valence electrons. The highest BCUT2D eigenvalue weighted by Gasteiger charge is 2.26. The van der Waals surface area contributed by atoms with Crippen LogP contribution in [0.4, 0.5) is 0 Å². The maximum atomic E-state index is 9.87. The molecule has 4 rings (SSSR count). The number of nitrogens with zero attached hydrogens (tertiary/aromatic N) is 1. The van der Waals surface area contributed by atoms with E-state index in [2.05, 4.69) is 16.8 Å². The summed E-state index contributed by atoms with van der Waals surface area (Å²) in [7, 11) is -0.655. The van der Waals surface area contributed by atoms with Crippen LogP contribution in [0.2, 0.25) is 0 Å². The molecule has 0 radical (unpaired) electrons. The first-order chi connectivity index (χ1) is 13.6. The Hall–Kier alpha value is -3.04. The molecule has 8 nitrogen and oxygen atoms in total. The van der Waals surface area contributed by atoms with Crippen LogP contribution in [0.15, 0.2) is 36.5 Å². The highest BCUT2D eigenvalue weighted by atomic mass is 32.2. The van der Waals surface area contributed by atoms with Gasteiger partial charge in [-0.3, -0.25) is 0 Å². The van der Waals surface area contributed by atoms with Gasteiger partial charge in [-0.05, 0) is 35.2 Å². The van der Waals surface area contributed by atoms with Gasteiger partial charge in [-0.25, -0.2) is 8.42 Å². The average Bonchev–Trinajstić information content (AvgIpc) is 2.65. The molecule has 9 heteroatoms. The van der Waals surface area contributed by atoms with E-state index < -0.39 is 10.1 Å². The van der Waals surface area contributed by atoms with E-state index in [1.165, 1.54) is 0 Å². The largest absolute Gasteiger partial charge is 0.748 e. The number of ether oxygens (including phenoxy) is 2. The molecule has 3 aromatic rings. The first kappa shape index (κ1) is 20.7. The number of fused-ring (bicyclic) bond motifs is 4. The number of phenols is 2. The zero-order valence-electron chi connectivity index (χ0n) is 16.2.